The number of benzene rings is 1. The molecule has 0 radical (unpaired) electrons. The molecule has 1 N–H and O–H groups in total. The highest BCUT2D eigenvalue weighted by molar-refractivity contribution is 7.15. The first kappa shape index (κ1) is 16.1. The van der Waals surface area contributed by atoms with Crippen molar-refractivity contribution in [3.8, 4) is 5.75 Å². The number of hydrogen-bond acceptors (Lipinski definition) is 6. The summed E-state index contributed by atoms with van der Waals surface area (Å²) in [5, 5.41) is 12.1. The Balaban J connectivity index is 1.99. The average molecular weight is 319 g/mol. The zero-order chi connectivity index (χ0) is 16.1. The van der Waals surface area contributed by atoms with Gasteiger partial charge in [-0.1, -0.05) is 25.2 Å². The molecule has 0 bridgehead atoms. The van der Waals surface area contributed by atoms with E-state index in [2.05, 4.69) is 29.4 Å². The van der Waals surface area contributed by atoms with Gasteiger partial charge in [0.25, 0.3) is 5.91 Å². The molecule has 0 atom stereocenters. The van der Waals surface area contributed by atoms with Gasteiger partial charge in [0.2, 0.25) is 5.13 Å². The summed E-state index contributed by atoms with van der Waals surface area (Å²) in [6.07, 6.45) is 0.838. The lowest BCUT2D eigenvalue weighted by Crippen LogP contribution is -2.11. The Morgan fingerprint density at radius 3 is 2.50 bits per heavy atom. The number of nitrogens with zero attached hydrogens (tertiary/aromatic N) is 2. The molecule has 116 valence electrons. The standard InChI is InChI=1S/C15H17N3O3S/c1-9(2)8-13-17-18-15(22-13)16-14(20)11-4-6-12(7-5-11)21-10(3)19/h4-7,9H,8H2,1-3H3,(H,16,18,20). The topological polar surface area (TPSA) is 81.2 Å². The van der Waals surface area contributed by atoms with Crippen molar-refractivity contribution < 1.29 is 14.3 Å². The van der Waals surface area contributed by atoms with E-state index in [-0.39, 0.29) is 5.91 Å². The van der Waals surface area contributed by atoms with Crippen LogP contribution in [0.1, 0.15) is 36.1 Å². The van der Waals surface area contributed by atoms with Crippen molar-refractivity contribution in [3.05, 3.63) is 34.8 Å². The Labute approximate surface area is 132 Å². The van der Waals surface area contributed by atoms with E-state index in [4.69, 9.17) is 4.74 Å². The zero-order valence-electron chi connectivity index (χ0n) is 12.6. The first-order valence-electron chi connectivity index (χ1n) is 6.86. The van der Waals surface area contributed by atoms with Crippen LogP contribution in [0.4, 0.5) is 5.13 Å². The van der Waals surface area contributed by atoms with Crippen molar-refractivity contribution >= 4 is 28.3 Å². The number of hydrogen-bond donors (Lipinski definition) is 1. The van der Waals surface area contributed by atoms with Gasteiger partial charge in [-0.2, -0.15) is 0 Å². The van der Waals surface area contributed by atoms with Crippen molar-refractivity contribution in [1.82, 2.24) is 10.2 Å². The summed E-state index contributed by atoms with van der Waals surface area (Å²) >= 11 is 1.37. The number of amides is 1. The quantitative estimate of drug-likeness (QED) is 0.677. The molecule has 1 amide bonds. The summed E-state index contributed by atoms with van der Waals surface area (Å²) in [6.45, 7) is 5.53. The molecule has 0 spiro atoms. The highest BCUT2D eigenvalue weighted by atomic mass is 32.1. The van der Waals surface area contributed by atoms with E-state index in [0.717, 1.165) is 11.4 Å². The number of esters is 1. The summed E-state index contributed by atoms with van der Waals surface area (Å²) in [6, 6.07) is 6.31. The summed E-state index contributed by atoms with van der Waals surface area (Å²) in [5.41, 5.74) is 0.455. The zero-order valence-corrected chi connectivity index (χ0v) is 13.4. The van der Waals surface area contributed by atoms with Gasteiger partial charge in [0.15, 0.2) is 0 Å². The Hall–Kier alpha value is -2.28. The van der Waals surface area contributed by atoms with Crippen molar-refractivity contribution in [2.45, 2.75) is 27.2 Å². The van der Waals surface area contributed by atoms with E-state index in [0.29, 0.717) is 22.4 Å². The highest BCUT2D eigenvalue weighted by Crippen LogP contribution is 2.19. The molecule has 0 aliphatic rings. The molecule has 1 aromatic carbocycles. The molecule has 2 rings (SSSR count). The molecule has 7 heteroatoms. The lowest BCUT2D eigenvalue weighted by Gasteiger charge is -2.03. The summed E-state index contributed by atoms with van der Waals surface area (Å²) < 4.78 is 4.92. The molecule has 0 aliphatic heterocycles. The maximum Gasteiger partial charge on any atom is 0.308 e. The van der Waals surface area contributed by atoms with Crippen molar-refractivity contribution in [2.24, 2.45) is 5.92 Å². The minimum Gasteiger partial charge on any atom is -0.427 e. The number of ether oxygens (including phenoxy) is 1. The monoisotopic (exact) mass is 319 g/mol. The summed E-state index contributed by atoms with van der Waals surface area (Å²) in [4.78, 5) is 22.9. The lowest BCUT2D eigenvalue weighted by atomic mass is 10.1. The third kappa shape index (κ3) is 4.63. The number of nitrogens with one attached hydrogen (secondary N) is 1. The first-order chi connectivity index (χ1) is 10.4. The molecular weight excluding hydrogens is 302 g/mol. The molecule has 0 unspecified atom stereocenters. The number of carbonyl (C=O) groups excluding carboxylic acids is 2. The third-order valence-electron chi connectivity index (χ3n) is 2.65. The fourth-order valence-corrected chi connectivity index (χ4v) is 2.69. The van der Waals surface area contributed by atoms with E-state index >= 15 is 0 Å². The summed E-state index contributed by atoms with van der Waals surface area (Å²) in [7, 11) is 0. The molecule has 1 heterocycles. The smallest absolute Gasteiger partial charge is 0.308 e. The second-order valence-electron chi connectivity index (χ2n) is 5.17. The predicted molar refractivity (Wildman–Crippen MR) is 84.2 cm³/mol. The van der Waals surface area contributed by atoms with Gasteiger partial charge in [0, 0.05) is 18.9 Å². The Kier molecular flexibility index (Phi) is 5.21. The van der Waals surface area contributed by atoms with Crippen LogP contribution in [0.15, 0.2) is 24.3 Å². The van der Waals surface area contributed by atoms with Crippen LogP contribution in [-0.2, 0) is 11.2 Å². The Bertz CT molecular complexity index is 665. The van der Waals surface area contributed by atoms with E-state index in [1.165, 1.54) is 18.3 Å². The second kappa shape index (κ2) is 7.13. The van der Waals surface area contributed by atoms with Gasteiger partial charge in [-0.25, -0.2) is 0 Å². The SMILES string of the molecule is CC(=O)Oc1ccc(C(=O)Nc2nnc(CC(C)C)s2)cc1. The van der Waals surface area contributed by atoms with Crippen LogP contribution in [0, 0.1) is 5.92 Å². The number of aromatic nitrogens is 2. The van der Waals surface area contributed by atoms with Crippen molar-refractivity contribution in [2.75, 3.05) is 5.32 Å². The number of carbonyl (C=O) groups is 2. The Morgan fingerprint density at radius 2 is 1.91 bits per heavy atom. The molecule has 1 aromatic heterocycles. The molecule has 0 aliphatic carbocycles. The normalized spacial score (nSPS) is 10.5. The van der Waals surface area contributed by atoms with Crippen LogP contribution < -0.4 is 10.1 Å². The van der Waals surface area contributed by atoms with Gasteiger partial charge in [-0.3, -0.25) is 14.9 Å². The van der Waals surface area contributed by atoms with Crippen molar-refractivity contribution in [1.29, 1.82) is 0 Å². The maximum atomic E-state index is 12.1. The largest absolute Gasteiger partial charge is 0.427 e. The van der Waals surface area contributed by atoms with Crippen LogP contribution in [-0.4, -0.2) is 22.1 Å². The van der Waals surface area contributed by atoms with E-state index in [1.807, 2.05) is 0 Å². The van der Waals surface area contributed by atoms with Gasteiger partial charge >= 0.3 is 5.97 Å². The maximum absolute atomic E-state index is 12.1. The molecule has 0 saturated carbocycles. The van der Waals surface area contributed by atoms with Crippen LogP contribution in [0.3, 0.4) is 0 Å². The Morgan fingerprint density at radius 1 is 1.23 bits per heavy atom. The highest BCUT2D eigenvalue weighted by Gasteiger charge is 2.11. The number of anilines is 1. The van der Waals surface area contributed by atoms with Gasteiger partial charge in [0.05, 0.1) is 0 Å². The molecule has 6 nitrogen and oxygen atoms in total. The van der Waals surface area contributed by atoms with Gasteiger partial charge in [-0.05, 0) is 30.2 Å². The minimum atomic E-state index is -0.399. The third-order valence-corrected chi connectivity index (χ3v) is 3.51. The number of rotatable bonds is 5. The lowest BCUT2D eigenvalue weighted by molar-refractivity contribution is -0.131. The van der Waals surface area contributed by atoms with Crippen LogP contribution in [0.5, 0.6) is 5.75 Å². The van der Waals surface area contributed by atoms with E-state index in [1.54, 1.807) is 24.3 Å². The van der Waals surface area contributed by atoms with Gasteiger partial charge < -0.3 is 4.74 Å². The van der Waals surface area contributed by atoms with Crippen LogP contribution >= 0.6 is 11.3 Å². The first-order valence-corrected chi connectivity index (χ1v) is 7.68. The van der Waals surface area contributed by atoms with Gasteiger partial charge in [-0.15, -0.1) is 10.2 Å². The minimum absolute atomic E-state index is 0.276. The molecule has 0 saturated heterocycles. The molecule has 0 fully saturated rings. The summed E-state index contributed by atoms with van der Waals surface area (Å²) in [5.74, 6) is 0.217. The fraction of sp³-hybridized carbons (Fsp3) is 0.333. The fourth-order valence-electron chi connectivity index (χ4n) is 1.75. The van der Waals surface area contributed by atoms with Gasteiger partial charge in [0.1, 0.15) is 10.8 Å². The predicted octanol–water partition coefficient (Wildman–Crippen LogP) is 2.91. The van der Waals surface area contributed by atoms with Crippen molar-refractivity contribution in [3.63, 3.8) is 0 Å². The van der Waals surface area contributed by atoms with E-state index < -0.39 is 5.97 Å². The molecule has 2 aromatic rings. The van der Waals surface area contributed by atoms with Crippen LogP contribution in [0.2, 0.25) is 0 Å². The van der Waals surface area contributed by atoms with E-state index in [9.17, 15) is 9.59 Å². The second-order valence-corrected chi connectivity index (χ2v) is 6.23. The van der Waals surface area contributed by atoms with Crippen LogP contribution in [0.25, 0.3) is 0 Å². The molecular formula is C15H17N3O3S. The average Bonchev–Trinajstić information content (AvgIpc) is 2.85. The molecule has 22 heavy (non-hydrogen) atoms.